The Morgan fingerprint density at radius 3 is 2.71 bits per heavy atom. The van der Waals surface area contributed by atoms with E-state index in [4.69, 9.17) is 4.74 Å². The van der Waals surface area contributed by atoms with E-state index in [0.717, 1.165) is 5.56 Å². The van der Waals surface area contributed by atoms with Crippen LogP contribution in [0.25, 0.3) is 0 Å². The summed E-state index contributed by atoms with van der Waals surface area (Å²) in [6.45, 7) is 3.00. The number of nitrogens with zero attached hydrogens (tertiary/aromatic N) is 1. The molecule has 2 rings (SSSR count). The number of benzene rings is 1. The first-order chi connectivity index (χ1) is 8.20. The minimum atomic E-state index is 0.0849. The third kappa shape index (κ3) is 2.71. The molecular formula is C13H16N2O2. The molecule has 17 heavy (non-hydrogen) atoms. The van der Waals surface area contributed by atoms with E-state index in [1.165, 1.54) is 0 Å². The smallest absolute Gasteiger partial charge is 0.216 e. The number of ketones is 1. The Labute approximate surface area is 101 Å². The molecule has 1 aliphatic heterocycles. The SMILES string of the molecule is CNCC(=O)c1ccc(C2=NC(C)CO2)cc1. The molecule has 4 nitrogen and oxygen atoms in total. The molecule has 0 saturated carbocycles. The molecule has 1 atom stereocenters. The minimum absolute atomic E-state index is 0.0849. The van der Waals surface area contributed by atoms with Crippen LogP contribution in [0.15, 0.2) is 29.3 Å². The number of carbonyl (C=O) groups excluding carboxylic acids is 1. The van der Waals surface area contributed by atoms with Crippen molar-refractivity contribution < 1.29 is 9.53 Å². The quantitative estimate of drug-likeness (QED) is 0.795. The molecule has 0 aliphatic carbocycles. The van der Waals surface area contributed by atoms with Gasteiger partial charge in [0.25, 0.3) is 0 Å². The lowest BCUT2D eigenvalue weighted by Gasteiger charge is -2.03. The molecule has 0 bridgehead atoms. The average Bonchev–Trinajstić information content (AvgIpc) is 2.76. The fraction of sp³-hybridized carbons (Fsp3) is 0.385. The zero-order valence-electron chi connectivity index (χ0n) is 10.1. The fourth-order valence-corrected chi connectivity index (χ4v) is 1.69. The van der Waals surface area contributed by atoms with Crippen molar-refractivity contribution in [2.45, 2.75) is 13.0 Å². The lowest BCUT2D eigenvalue weighted by molar-refractivity contribution is 0.0993. The first-order valence-corrected chi connectivity index (χ1v) is 5.69. The highest BCUT2D eigenvalue weighted by atomic mass is 16.5. The summed E-state index contributed by atoms with van der Waals surface area (Å²) < 4.78 is 5.45. The molecule has 0 spiro atoms. The number of hydrogen-bond donors (Lipinski definition) is 1. The molecule has 0 radical (unpaired) electrons. The maximum Gasteiger partial charge on any atom is 0.216 e. The van der Waals surface area contributed by atoms with Gasteiger partial charge in [0.15, 0.2) is 5.78 Å². The Balaban J connectivity index is 2.13. The molecule has 1 unspecified atom stereocenters. The second-order valence-corrected chi connectivity index (χ2v) is 4.13. The number of ether oxygens (including phenoxy) is 1. The number of nitrogens with one attached hydrogen (secondary N) is 1. The van der Waals surface area contributed by atoms with E-state index in [-0.39, 0.29) is 11.8 Å². The van der Waals surface area contributed by atoms with Crippen LogP contribution < -0.4 is 5.32 Å². The first kappa shape index (κ1) is 11.8. The molecule has 0 saturated heterocycles. The van der Waals surface area contributed by atoms with Crippen LogP contribution in [0.4, 0.5) is 0 Å². The van der Waals surface area contributed by atoms with Crippen molar-refractivity contribution in [3.63, 3.8) is 0 Å². The van der Waals surface area contributed by atoms with Gasteiger partial charge in [-0.15, -0.1) is 0 Å². The van der Waals surface area contributed by atoms with Gasteiger partial charge in [-0.25, -0.2) is 4.99 Å². The van der Waals surface area contributed by atoms with Crippen molar-refractivity contribution in [3.05, 3.63) is 35.4 Å². The summed E-state index contributed by atoms with van der Waals surface area (Å²) in [5.41, 5.74) is 1.63. The zero-order chi connectivity index (χ0) is 12.3. The van der Waals surface area contributed by atoms with Crippen LogP contribution in [0.2, 0.25) is 0 Å². The van der Waals surface area contributed by atoms with Gasteiger partial charge < -0.3 is 10.1 Å². The van der Waals surface area contributed by atoms with E-state index in [9.17, 15) is 4.79 Å². The fourth-order valence-electron chi connectivity index (χ4n) is 1.69. The molecule has 90 valence electrons. The van der Waals surface area contributed by atoms with Crippen LogP contribution in [-0.4, -0.2) is 37.9 Å². The van der Waals surface area contributed by atoms with E-state index in [1.807, 2.05) is 31.2 Å². The monoisotopic (exact) mass is 232 g/mol. The van der Waals surface area contributed by atoms with E-state index in [1.54, 1.807) is 7.05 Å². The maximum atomic E-state index is 11.6. The van der Waals surface area contributed by atoms with Crippen LogP contribution in [0, 0.1) is 0 Å². The van der Waals surface area contributed by atoms with Crippen molar-refractivity contribution in [1.29, 1.82) is 0 Å². The van der Waals surface area contributed by atoms with Crippen molar-refractivity contribution >= 4 is 11.7 Å². The van der Waals surface area contributed by atoms with Gasteiger partial charge in [-0.1, -0.05) is 12.1 Å². The molecule has 0 aromatic heterocycles. The third-order valence-electron chi connectivity index (χ3n) is 2.59. The zero-order valence-corrected chi connectivity index (χ0v) is 10.1. The summed E-state index contributed by atoms with van der Waals surface area (Å²) >= 11 is 0. The number of Topliss-reactive ketones (excluding diaryl/α,β-unsaturated/α-hetero) is 1. The van der Waals surface area contributed by atoms with Crippen LogP contribution in [-0.2, 0) is 4.74 Å². The highest BCUT2D eigenvalue weighted by Gasteiger charge is 2.16. The normalized spacial score (nSPS) is 18.7. The van der Waals surface area contributed by atoms with E-state index >= 15 is 0 Å². The molecule has 1 aliphatic rings. The molecule has 1 N–H and O–H groups in total. The topological polar surface area (TPSA) is 50.7 Å². The van der Waals surface area contributed by atoms with Crippen molar-refractivity contribution in [2.75, 3.05) is 20.2 Å². The summed E-state index contributed by atoms with van der Waals surface area (Å²) in [6.07, 6.45) is 0. The second kappa shape index (κ2) is 5.10. The highest BCUT2D eigenvalue weighted by molar-refractivity contribution is 6.00. The Bertz CT molecular complexity index is 437. The third-order valence-corrected chi connectivity index (χ3v) is 2.59. The lowest BCUT2D eigenvalue weighted by atomic mass is 10.1. The number of carbonyl (C=O) groups is 1. The number of aliphatic imine (C=N–C) groups is 1. The van der Waals surface area contributed by atoms with Gasteiger partial charge in [0.1, 0.15) is 6.61 Å². The van der Waals surface area contributed by atoms with E-state index in [0.29, 0.717) is 24.6 Å². The Kier molecular flexibility index (Phi) is 3.54. The van der Waals surface area contributed by atoms with Crippen LogP contribution in [0.3, 0.4) is 0 Å². The maximum absolute atomic E-state index is 11.6. The van der Waals surface area contributed by atoms with E-state index in [2.05, 4.69) is 10.3 Å². The number of likely N-dealkylation sites (N-methyl/N-ethyl adjacent to an activating group) is 1. The van der Waals surface area contributed by atoms with Gasteiger partial charge in [0.05, 0.1) is 12.6 Å². The summed E-state index contributed by atoms with van der Waals surface area (Å²) in [4.78, 5) is 16.0. The Hall–Kier alpha value is -1.68. The largest absolute Gasteiger partial charge is 0.475 e. The second-order valence-electron chi connectivity index (χ2n) is 4.13. The molecule has 0 amide bonds. The predicted octanol–water partition coefficient (Wildman–Crippen LogP) is 1.25. The number of rotatable bonds is 4. The Morgan fingerprint density at radius 2 is 2.18 bits per heavy atom. The van der Waals surface area contributed by atoms with E-state index < -0.39 is 0 Å². The van der Waals surface area contributed by atoms with Gasteiger partial charge in [0, 0.05) is 11.1 Å². The van der Waals surface area contributed by atoms with Crippen molar-refractivity contribution in [2.24, 2.45) is 4.99 Å². The van der Waals surface area contributed by atoms with Crippen molar-refractivity contribution in [1.82, 2.24) is 5.32 Å². The highest BCUT2D eigenvalue weighted by Crippen LogP contribution is 2.13. The standard InChI is InChI=1S/C13H16N2O2/c1-9-8-17-13(15-9)11-5-3-10(4-6-11)12(16)7-14-2/h3-6,9,14H,7-8H2,1-2H3. The van der Waals surface area contributed by atoms with Gasteiger partial charge >= 0.3 is 0 Å². The summed E-state index contributed by atoms with van der Waals surface area (Å²) in [5.74, 6) is 0.756. The lowest BCUT2D eigenvalue weighted by Crippen LogP contribution is -2.18. The van der Waals surface area contributed by atoms with Gasteiger partial charge in [0.2, 0.25) is 5.90 Å². The molecular weight excluding hydrogens is 216 g/mol. The molecule has 1 aromatic rings. The Morgan fingerprint density at radius 1 is 1.47 bits per heavy atom. The minimum Gasteiger partial charge on any atom is -0.475 e. The predicted molar refractivity (Wildman–Crippen MR) is 66.7 cm³/mol. The van der Waals surface area contributed by atoms with Crippen LogP contribution in [0.1, 0.15) is 22.8 Å². The summed E-state index contributed by atoms with van der Waals surface area (Å²) in [7, 11) is 1.76. The van der Waals surface area contributed by atoms with Crippen LogP contribution >= 0.6 is 0 Å². The molecule has 1 heterocycles. The van der Waals surface area contributed by atoms with Crippen molar-refractivity contribution in [3.8, 4) is 0 Å². The summed E-state index contributed by atoms with van der Waals surface area (Å²) in [5, 5.41) is 2.84. The van der Waals surface area contributed by atoms with Gasteiger partial charge in [-0.05, 0) is 26.1 Å². The summed E-state index contributed by atoms with van der Waals surface area (Å²) in [6, 6.07) is 7.59. The molecule has 4 heteroatoms. The molecule has 1 aromatic carbocycles. The van der Waals surface area contributed by atoms with Crippen LogP contribution in [0.5, 0.6) is 0 Å². The first-order valence-electron chi connectivity index (χ1n) is 5.69. The number of hydrogen-bond acceptors (Lipinski definition) is 4. The van der Waals surface area contributed by atoms with Gasteiger partial charge in [-0.2, -0.15) is 0 Å². The average molecular weight is 232 g/mol. The molecule has 0 fully saturated rings. The van der Waals surface area contributed by atoms with Gasteiger partial charge in [-0.3, -0.25) is 4.79 Å².